The minimum Gasteiger partial charge on any atom is -0.478 e. The average Bonchev–Trinajstić information content (AvgIpc) is 2.38. The highest BCUT2D eigenvalue weighted by Gasteiger charge is 1.95. The molecule has 0 atom stereocenters. The molecule has 0 unspecified atom stereocenters. The molecule has 0 heterocycles. The third-order valence-corrected chi connectivity index (χ3v) is 2.82. The molecule has 0 aromatic heterocycles. The largest absolute Gasteiger partial charge is 0.478 e. The first-order valence-electron chi connectivity index (χ1n) is 6.88. The van der Waals surface area contributed by atoms with Crippen LogP contribution in [0.4, 0.5) is 0 Å². The van der Waals surface area contributed by atoms with E-state index >= 15 is 0 Å². The van der Waals surface area contributed by atoms with E-state index in [9.17, 15) is 0 Å². The Kier molecular flexibility index (Phi) is 8.44. The molecule has 0 aliphatic carbocycles. The van der Waals surface area contributed by atoms with Crippen LogP contribution in [0.1, 0.15) is 58.3 Å². The Morgan fingerprint density at radius 2 is 1.53 bits per heavy atom. The minimum atomic E-state index is 0.885. The number of ether oxygens (including phenoxy) is 1. The molecule has 0 saturated heterocycles. The van der Waals surface area contributed by atoms with Gasteiger partial charge in [0, 0.05) is 0 Å². The monoisotopic (exact) mass is 232 g/mol. The molecule has 0 amide bonds. The van der Waals surface area contributed by atoms with E-state index in [0.717, 1.165) is 12.2 Å². The van der Waals surface area contributed by atoms with Gasteiger partial charge in [-0.3, -0.25) is 0 Å². The predicted molar refractivity (Wildman–Crippen MR) is 72.9 cm³/mol. The van der Waals surface area contributed by atoms with Crippen molar-refractivity contribution in [3.05, 3.63) is 36.9 Å². The highest BCUT2D eigenvalue weighted by molar-refractivity contribution is 5.21. The number of benzene rings is 1. The summed E-state index contributed by atoms with van der Waals surface area (Å²) in [6.07, 6.45) is 10.3. The summed E-state index contributed by atoms with van der Waals surface area (Å²) in [5.74, 6) is 0.885. The number of rotatable bonds is 10. The first-order chi connectivity index (χ1) is 8.43. The first kappa shape index (κ1) is 14.1. The molecule has 94 valence electrons. The van der Waals surface area contributed by atoms with E-state index < -0.39 is 0 Å². The smallest absolute Gasteiger partial charge is 0.196 e. The maximum atomic E-state index is 5.40. The van der Waals surface area contributed by atoms with Crippen LogP contribution < -0.4 is 4.74 Å². The van der Waals surface area contributed by atoms with Crippen molar-refractivity contribution < 1.29 is 4.74 Å². The summed E-state index contributed by atoms with van der Waals surface area (Å²) >= 11 is 0. The standard InChI is InChI=1S/C16H24O/c1-2-3-4-5-6-7-8-12-15-17-16-13-10-9-11-14-16/h9-11,13-14H,2-8,12H2,1H3. The zero-order chi connectivity index (χ0) is 12.2. The van der Waals surface area contributed by atoms with E-state index in [4.69, 9.17) is 4.74 Å². The number of unbranched alkanes of at least 4 members (excludes halogenated alkanes) is 7. The van der Waals surface area contributed by atoms with Gasteiger partial charge in [-0.15, -0.1) is 0 Å². The third kappa shape index (κ3) is 7.84. The fourth-order valence-corrected chi connectivity index (χ4v) is 1.78. The molecular weight excluding hydrogens is 208 g/mol. The fraction of sp³-hybridized carbons (Fsp3) is 0.562. The Labute approximate surface area is 106 Å². The Morgan fingerprint density at radius 1 is 0.882 bits per heavy atom. The van der Waals surface area contributed by atoms with Gasteiger partial charge in [0.05, 0.1) is 0 Å². The molecule has 0 N–H and O–H groups in total. The zero-order valence-corrected chi connectivity index (χ0v) is 11.0. The molecule has 1 rings (SSSR count). The molecule has 0 aliphatic heterocycles. The summed E-state index contributed by atoms with van der Waals surface area (Å²) < 4.78 is 5.40. The normalized spacial score (nSPS) is 10.4. The maximum absolute atomic E-state index is 5.40. The highest BCUT2D eigenvalue weighted by atomic mass is 16.5. The van der Waals surface area contributed by atoms with Crippen LogP contribution in [0.2, 0.25) is 0 Å². The molecule has 1 aromatic rings. The Balaban J connectivity index is 1.85. The van der Waals surface area contributed by atoms with E-state index in [1.807, 2.05) is 30.3 Å². The Bertz CT molecular complexity index is 255. The van der Waals surface area contributed by atoms with Gasteiger partial charge in [0.15, 0.2) is 6.61 Å². The molecule has 17 heavy (non-hydrogen) atoms. The topological polar surface area (TPSA) is 9.23 Å². The van der Waals surface area contributed by atoms with Crippen LogP contribution in [0, 0.1) is 6.61 Å². The predicted octanol–water partition coefficient (Wildman–Crippen LogP) is 5.24. The van der Waals surface area contributed by atoms with Crippen LogP contribution in [0.15, 0.2) is 30.3 Å². The molecule has 2 radical (unpaired) electrons. The fourth-order valence-electron chi connectivity index (χ4n) is 1.78. The number of hydrogen-bond acceptors (Lipinski definition) is 1. The molecule has 0 bridgehead atoms. The van der Waals surface area contributed by atoms with Gasteiger partial charge in [0.1, 0.15) is 5.75 Å². The van der Waals surface area contributed by atoms with Crippen LogP contribution in [-0.4, -0.2) is 0 Å². The van der Waals surface area contributed by atoms with Crippen molar-refractivity contribution in [3.8, 4) is 5.75 Å². The average molecular weight is 232 g/mol. The molecule has 1 heteroatoms. The SMILES string of the molecule is CCCCCCCCC[C]Oc1ccccc1. The van der Waals surface area contributed by atoms with E-state index in [2.05, 4.69) is 13.5 Å². The van der Waals surface area contributed by atoms with Gasteiger partial charge in [0.25, 0.3) is 0 Å². The molecule has 0 aliphatic rings. The Hall–Kier alpha value is -0.980. The first-order valence-corrected chi connectivity index (χ1v) is 6.88. The summed E-state index contributed by atoms with van der Waals surface area (Å²) in [5.41, 5.74) is 0. The van der Waals surface area contributed by atoms with Crippen LogP contribution in [0.25, 0.3) is 0 Å². The van der Waals surface area contributed by atoms with E-state index in [-0.39, 0.29) is 0 Å². The second kappa shape index (κ2) is 10.2. The molecule has 1 aromatic carbocycles. The Morgan fingerprint density at radius 3 is 2.24 bits per heavy atom. The van der Waals surface area contributed by atoms with Crippen molar-refractivity contribution in [2.75, 3.05) is 0 Å². The van der Waals surface area contributed by atoms with Crippen LogP contribution in [-0.2, 0) is 0 Å². The summed E-state index contributed by atoms with van der Waals surface area (Å²) in [7, 11) is 0. The van der Waals surface area contributed by atoms with Gasteiger partial charge in [-0.1, -0.05) is 63.6 Å². The lowest BCUT2D eigenvalue weighted by Gasteiger charge is -2.03. The van der Waals surface area contributed by atoms with E-state index in [1.54, 1.807) is 0 Å². The van der Waals surface area contributed by atoms with Crippen LogP contribution >= 0.6 is 0 Å². The summed E-state index contributed by atoms with van der Waals surface area (Å²) in [5, 5.41) is 0. The van der Waals surface area contributed by atoms with Crippen molar-refractivity contribution in [2.24, 2.45) is 0 Å². The maximum Gasteiger partial charge on any atom is 0.196 e. The van der Waals surface area contributed by atoms with Crippen molar-refractivity contribution >= 4 is 0 Å². The van der Waals surface area contributed by atoms with Gasteiger partial charge >= 0.3 is 0 Å². The summed E-state index contributed by atoms with van der Waals surface area (Å²) in [6.45, 7) is 5.26. The lowest BCUT2D eigenvalue weighted by Crippen LogP contribution is -1.90. The van der Waals surface area contributed by atoms with Gasteiger partial charge in [-0.2, -0.15) is 0 Å². The van der Waals surface area contributed by atoms with Crippen molar-refractivity contribution in [1.29, 1.82) is 0 Å². The van der Waals surface area contributed by atoms with Crippen LogP contribution in [0.5, 0.6) is 5.75 Å². The van der Waals surface area contributed by atoms with E-state index in [1.165, 1.54) is 44.9 Å². The van der Waals surface area contributed by atoms with Gasteiger partial charge in [0.2, 0.25) is 0 Å². The summed E-state index contributed by atoms with van der Waals surface area (Å²) in [4.78, 5) is 0. The molecule has 0 spiro atoms. The minimum absolute atomic E-state index is 0.885. The third-order valence-electron chi connectivity index (χ3n) is 2.82. The molecular formula is C16H24O. The van der Waals surface area contributed by atoms with Gasteiger partial charge < -0.3 is 4.74 Å². The van der Waals surface area contributed by atoms with Gasteiger partial charge in [-0.05, 0) is 25.0 Å². The van der Waals surface area contributed by atoms with Crippen molar-refractivity contribution in [3.63, 3.8) is 0 Å². The molecule has 0 saturated carbocycles. The second-order valence-corrected chi connectivity index (χ2v) is 4.43. The lowest BCUT2D eigenvalue weighted by molar-refractivity contribution is 0.383. The molecule has 1 nitrogen and oxygen atoms in total. The van der Waals surface area contributed by atoms with E-state index in [0.29, 0.717) is 0 Å². The summed E-state index contributed by atoms with van der Waals surface area (Å²) in [6, 6.07) is 9.86. The highest BCUT2D eigenvalue weighted by Crippen LogP contribution is 2.13. The number of hydrogen-bond donors (Lipinski definition) is 0. The quantitative estimate of drug-likeness (QED) is 0.501. The van der Waals surface area contributed by atoms with Crippen molar-refractivity contribution in [1.82, 2.24) is 0 Å². The second-order valence-electron chi connectivity index (χ2n) is 4.43. The van der Waals surface area contributed by atoms with Crippen molar-refractivity contribution in [2.45, 2.75) is 58.3 Å². The lowest BCUT2D eigenvalue weighted by atomic mass is 10.1. The zero-order valence-electron chi connectivity index (χ0n) is 11.0. The molecule has 0 fully saturated rings. The van der Waals surface area contributed by atoms with Crippen LogP contribution in [0.3, 0.4) is 0 Å². The number of para-hydroxylation sites is 1. The van der Waals surface area contributed by atoms with Gasteiger partial charge in [-0.25, -0.2) is 0 Å².